The van der Waals surface area contributed by atoms with Gasteiger partial charge < -0.3 is 25.7 Å². The predicted octanol–water partition coefficient (Wildman–Crippen LogP) is 2.63. The molecule has 0 fully saturated rings. The van der Waals surface area contributed by atoms with Crippen LogP contribution in [0, 0.1) is 0 Å². The van der Waals surface area contributed by atoms with Crippen LogP contribution in [0.1, 0.15) is 30.9 Å². The highest BCUT2D eigenvalue weighted by molar-refractivity contribution is 5.98. The Morgan fingerprint density at radius 1 is 1.00 bits per heavy atom. The first-order chi connectivity index (χ1) is 14.5. The zero-order valence-corrected chi connectivity index (χ0v) is 17.5. The maximum Gasteiger partial charge on any atom is 0.416 e. The first-order valence-corrected chi connectivity index (χ1v) is 9.69. The molecular weight excluding hydrogens is 415 g/mol. The van der Waals surface area contributed by atoms with Crippen LogP contribution in [0.15, 0.2) is 46.8 Å². The van der Waals surface area contributed by atoms with Crippen LogP contribution in [0.25, 0.3) is 0 Å². The Bertz CT molecular complexity index is 871. The van der Waals surface area contributed by atoms with Crippen molar-refractivity contribution in [2.45, 2.75) is 25.9 Å². The molecule has 0 amide bonds. The van der Waals surface area contributed by atoms with Crippen molar-refractivity contribution in [3.8, 4) is 0 Å². The molecule has 1 aromatic rings. The molecule has 0 unspecified atom stereocenters. The van der Waals surface area contributed by atoms with Gasteiger partial charge in [0.05, 0.1) is 22.6 Å². The number of nitrogens with one attached hydrogen (secondary N) is 2. The van der Waals surface area contributed by atoms with Gasteiger partial charge in [0.15, 0.2) is 0 Å². The second-order valence-corrected chi connectivity index (χ2v) is 7.13. The fourth-order valence-corrected chi connectivity index (χ4v) is 3.84. The maximum absolute atomic E-state index is 13.6. The number of halogens is 3. The van der Waals surface area contributed by atoms with Crippen molar-refractivity contribution in [2.24, 2.45) is 0 Å². The van der Waals surface area contributed by atoms with E-state index in [2.05, 4.69) is 10.6 Å². The molecule has 7 nitrogen and oxygen atoms in total. The van der Waals surface area contributed by atoms with Gasteiger partial charge in [-0.3, -0.25) is 0 Å². The first-order valence-electron chi connectivity index (χ1n) is 9.69. The van der Waals surface area contributed by atoms with Crippen LogP contribution in [0.5, 0.6) is 0 Å². The van der Waals surface area contributed by atoms with Crippen LogP contribution in [0.4, 0.5) is 13.2 Å². The Morgan fingerprint density at radius 3 is 2.03 bits per heavy atom. The summed E-state index contributed by atoms with van der Waals surface area (Å²) >= 11 is 0. The molecule has 2 rings (SSSR count). The molecule has 0 spiro atoms. The van der Waals surface area contributed by atoms with Gasteiger partial charge in [-0.15, -0.1) is 0 Å². The normalized spacial score (nSPS) is 15.6. The molecule has 1 heterocycles. The van der Waals surface area contributed by atoms with E-state index in [0.717, 1.165) is 12.1 Å². The fraction of sp³-hybridized carbons (Fsp3) is 0.429. The monoisotopic (exact) mass is 441 g/mol. The highest BCUT2D eigenvalue weighted by Crippen LogP contribution is 2.45. The second-order valence-electron chi connectivity index (χ2n) is 7.13. The Hall–Kier alpha value is -2.85. The van der Waals surface area contributed by atoms with Crippen LogP contribution < -0.4 is 10.6 Å². The van der Waals surface area contributed by atoms with E-state index in [9.17, 15) is 33.0 Å². The van der Waals surface area contributed by atoms with Gasteiger partial charge in [-0.25, -0.2) is 9.59 Å². The summed E-state index contributed by atoms with van der Waals surface area (Å²) in [6.07, 6.45) is -4.76. The van der Waals surface area contributed by atoms with Crippen LogP contribution in [-0.2, 0) is 15.8 Å². The molecular formula is C21H26F3N3O4. The van der Waals surface area contributed by atoms with Crippen molar-refractivity contribution in [1.82, 2.24) is 15.5 Å². The number of carboxylic acids is 2. The van der Waals surface area contributed by atoms with Crippen molar-refractivity contribution in [1.29, 1.82) is 0 Å². The average molecular weight is 441 g/mol. The molecule has 10 heteroatoms. The zero-order chi connectivity index (χ0) is 23.3. The van der Waals surface area contributed by atoms with E-state index < -0.39 is 35.2 Å². The van der Waals surface area contributed by atoms with E-state index in [1.165, 1.54) is 30.9 Å². The molecule has 0 radical (unpaired) electrons. The van der Waals surface area contributed by atoms with Gasteiger partial charge in [0, 0.05) is 37.6 Å². The summed E-state index contributed by atoms with van der Waals surface area (Å²) in [5, 5.41) is 25.9. The lowest BCUT2D eigenvalue weighted by Gasteiger charge is -2.37. The Morgan fingerprint density at radius 2 is 1.55 bits per heavy atom. The summed E-state index contributed by atoms with van der Waals surface area (Å²) in [4.78, 5) is 25.8. The van der Waals surface area contributed by atoms with Crippen molar-refractivity contribution in [3.05, 3.63) is 57.9 Å². The van der Waals surface area contributed by atoms with Gasteiger partial charge in [0.1, 0.15) is 0 Å². The van der Waals surface area contributed by atoms with Crippen LogP contribution in [-0.4, -0.2) is 60.3 Å². The number of hydrogen-bond donors (Lipinski definition) is 4. The summed E-state index contributed by atoms with van der Waals surface area (Å²) in [6, 6.07) is 4.49. The minimum absolute atomic E-state index is 0.215. The zero-order valence-electron chi connectivity index (χ0n) is 17.5. The predicted molar refractivity (Wildman–Crippen MR) is 108 cm³/mol. The number of allylic oxidation sites excluding steroid dienone is 2. The Kier molecular flexibility index (Phi) is 7.85. The molecule has 4 N–H and O–H groups in total. The number of aliphatic carboxylic acids is 2. The SMILES string of the molecule is CNCCNCCN1C(C)=C(C(=O)O)C(c2ccccc2C(F)(F)F)C(C(=O)O)=C1C. The number of benzene rings is 1. The largest absolute Gasteiger partial charge is 0.478 e. The molecule has 0 bridgehead atoms. The van der Waals surface area contributed by atoms with Gasteiger partial charge in [0.2, 0.25) is 0 Å². The lowest BCUT2D eigenvalue weighted by molar-refractivity contribution is -0.139. The highest BCUT2D eigenvalue weighted by Gasteiger charge is 2.43. The number of rotatable bonds is 9. The molecule has 0 aliphatic carbocycles. The topological polar surface area (TPSA) is 102 Å². The van der Waals surface area contributed by atoms with Crippen molar-refractivity contribution < 1.29 is 33.0 Å². The smallest absolute Gasteiger partial charge is 0.416 e. The number of nitrogens with zero attached hydrogens (tertiary/aromatic N) is 1. The first kappa shape index (κ1) is 24.4. The Labute approximate surface area is 178 Å². The lowest BCUT2D eigenvalue weighted by Crippen LogP contribution is -2.39. The third-order valence-corrected chi connectivity index (χ3v) is 5.27. The highest BCUT2D eigenvalue weighted by atomic mass is 19.4. The molecule has 31 heavy (non-hydrogen) atoms. The third kappa shape index (κ3) is 5.26. The summed E-state index contributed by atoms with van der Waals surface area (Å²) in [5.74, 6) is -4.47. The number of likely N-dealkylation sites (N-methyl/N-ethyl adjacent to an activating group) is 1. The van der Waals surface area contributed by atoms with E-state index in [0.29, 0.717) is 19.6 Å². The summed E-state index contributed by atoms with van der Waals surface area (Å²) < 4.78 is 40.9. The van der Waals surface area contributed by atoms with Crippen LogP contribution in [0.2, 0.25) is 0 Å². The summed E-state index contributed by atoms with van der Waals surface area (Å²) in [6.45, 7) is 5.03. The van der Waals surface area contributed by atoms with Crippen molar-refractivity contribution in [2.75, 3.05) is 33.2 Å². The van der Waals surface area contributed by atoms with E-state index in [-0.39, 0.29) is 29.1 Å². The summed E-state index contributed by atoms with van der Waals surface area (Å²) in [5.41, 5.74) is -1.78. The number of alkyl halides is 3. The summed E-state index contributed by atoms with van der Waals surface area (Å²) in [7, 11) is 1.79. The minimum Gasteiger partial charge on any atom is -0.478 e. The van der Waals surface area contributed by atoms with E-state index >= 15 is 0 Å². The molecule has 0 saturated carbocycles. The van der Waals surface area contributed by atoms with E-state index in [1.807, 2.05) is 0 Å². The number of carboxylic acid groups (broad SMARTS) is 2. The van der Waals surface area contributed by atoms with Gasteiger partial charge in [-0.2, -0.15) is 13.2 Å². The average Bonchev–Trinajstić information content (AvgIpc) is 2.68. The van der Waals surface area contributed by atoms with E-state index in [1.54, 1.807) is 7.05 Å². The lowest BCUT2D eigenvalue weighted by atomic mass is 9.78. The van der Waals surface area contributed by atoms with Gasteiger partial charge in [-0.05, 0) is 32.5 Å². The van der Waals surface area contributed by atoms with Crippen LogP contribution >= 0.6 is 0 Å². The van der Waals surface area contributed by atoms with Gasteiger partial charge >= 0.3 is 18.1 Å². The Balaban J connectivity index is 2.62. The van der Waals surface area contributed by atoms with Crippen LogP contribution in [0.3, 0.4) is 0 Å². The standard InChI is InChI=1S/C21H26F3N3O4/c1-12-16(19(28)29)18(14-6-4-5-7-15(14)21(22,23)24)17(20(30)31)13(2)27(12)11-10-26-9-8-25-3/h4-7,18,25-26H,8-11H2,1-3H3,(H,28,29)(H,30,31). The maximum atomic E-state index is 13.6. The molecule has 1 aliphatic rings. The molecule has 170 valence electrons. The molecule has 0 atom stereocenters. The molecule has 0 aromatic heterocycles. The fourth-order valence-electron chi connectivity index (χ4n) is 3.84. The third-order valence-electron chi connectivity index (χ3n) is 5.27. The van der Waals surface area contributed by atoms with E-state index in [4.69, 9.17) is 0 Å². The number of carbonyl (C=O) groups is 2. The molecule has 1 aromatic carbocycles. The molecule has 0 saturated heterocycles. The number of hydrogen-bond acceptors (Lipinski definition) is 5. The second kappa shape index (κ2) is 9.97. The minimum atomic E-state index is -4.76. The van der Waals surface area contributed by atoms with Crippen molar-refractivity contribution in [3.63, 3.8) is 0 Å². The van der Waals surface area contributed by atoms with Crippen molar-refractivity contribution >= 4 is 11.9 Å². The van der Waals surface area contributed by atoms with Gasteiger partial charge in [-0.1, -0.05) is 18.2 Å². The molecule has 1 aliphatic heterocycles. The quantitative estimate of drug-likeness (QED) is 0.437. The van der Waals surface area contributed by atoms with Gasteiger partial charge in [0.25, 0.3) is 0 Å².